The summed E-state index contributed by atoms with van der Waals surface area (Å²) in [5, 5.41) is 3.34. The maximum Gasteiger partial charge on any atom is 0.264 e. The van der Waals surface area contributed by atoms with Crippen LogP contribution in [0.15, 0.2) is 56.8 Å². The first-order chi connectivity index (χ1) is 12.6. The predicted molar refractivity (Wildman–Crippen MR) is 109 cm³/mol. The van der Waals surface area contributed by atoms with Crippen molar-refractivity contribution >= 4 is 50.5 Å². The van der Waals surface area contributed by atoms with E-state index < -0.39 is 0 Å². The van der Waals surface area contributed by atoms with Crippen LogP contribution in [-0.4, -0.2) is 24.8 Å². The standard InChI is InChI=1S/C19H17BrN2O3S/c1-3-25-15-9-8-12(10-16(15)24-2)11-17-18(23)22-19(26-17)21-14-7-5-4-6-13(14)20/h4-11H,3H2,1-2H3,(H,21,22,23). The van der Waals surface area contributed by atoms with Gasteiger partial charge in [0.05, 0.1) is 24.3 Å². The summed E-state index contributed by atoms with van der Waals surface area (Å²) in [6, 6.07) is 13.2. The summed E-state index contributed by atoms with van der Waals surface area (Å²) in [5.74, 6) is 1.14. The summed E-state index contributed by atoms with van der Waals surface area (Å²) in [7, 11) is 1.59. The molecule has 1 N–H and O–H groups in total. The number of benzene rings is 2. The molecule has 2 aromatic carbocycles. The van der Waals surface area contributed by atoms with Crippen LogP contribution in [0.4, 0.5) is 5.69 Å². The lowest BCUT2D eigenvalue weighted by atomic mass is 10.2. The van der Waals surface area contributed by atoms with E-state index in [4.69, 9.17) is 9.47 Å². The Kier molecular flexibility index (Phi) is 6.00. The number of nitrogens with zero attached hydrogens (tertiary/aromatic N) is 1. The van der Waals surface area contributed by atoms with Crippen molar-refractivity contribution in [1.29, 1.82) is 0 Å². The van der Waals surface area contributed by atoms with Crippen LogP contribution in [0.5, 0.6) is 11.5 Å². The average molecular weight is 433 g/mol. The van der Waals surface area contributed by atoms with Gasteiger partial charge in [-0.15, -0.1) is 0 Å². The lowest BCUT2D eigenvalue weighted by Gasteiger charge is -2.09. The highest BCUT2D eigenvalue weighted by atomic mass is 79.9. The van der Waals surface area contributed by atoms with Crippen molar-refractivity contribution in [3.05, 3.63) is 57.4 Å². The van der Waals surface area contributed by atoms with E-state index in [9.17, 15) is 4.79 Å². The van der Waals surface area contributed by atoms with Crippen molar-refractivity contribution in [1.82, 2.24) is 5.32 Å². The Morgan fingerprint density at radius 1 is 1.23 bits per heavy atom. The maximum absolute atomic E-state index is 12.2. The number of hydrogen-bond acceptors (Lipinski definition) is 5. The van der Waals surface area contributed by atoms with Crippen LogP contribution in [0.3, 0.4) is 0 Å². The van der Waals surface area contributed by atoms with Crippen molar-refractivity contribution in [2.75, 3.05) is 13.7 Å². The first-order valence-electron chi connectivity index (χ1n) is 7.95. The summed E-state index contributed by atoms with van der Waals surface area (Å²) in [6.07, 6.45) is 1.81. The molecule has 0 saturated carbocycles. The first-order valence-corrected chi connectivity index (χ1v) is 9.56. The monoisotopic (exact) mass is 432 g/mol. The number of hydrogen-bond donors (Lipinski definition) is 1. The van der Waals surface area contributed by atoms with Gasteiger partial charge in [-0.1, -0.05) is 18.2 Å². The third kappa shape index (κ3) is 4.28. The molecule has 1 saturated heterocycles. The number of rotatable bonds is 5. The molecule has 0 aliphatic carbocycles. The third-order valence-electron chi connectivity index (χ3n) is 3.51. The molecular formula is C19H17BrN2O3S. The molecule has 0 aromatic heterocycles. The zero-order valence-electron chi connectivity index (χ0n) is 14.3. The third-order valence-corrected chi connectivity index (χ3v) is 5.09. The van der Waals surface area contributed by atoms with Crippen LogP contribution >= 0.6 is 27.7 Å². The zero-order chi connectivity index (χ0) is 18.5. The van der Waals surface area contributed by atoms with Crippen molar-refractivity contribution in [3.8, 4) is 11.5 Å². The fourth-order valence-corrected chi connectivity index (χ4v) is 3.54. The van der Waals surface area contributed by atoms with Gasteiger partial charge in [0, 0.05) is 4.47 Å². The van der Waals surface area contributed by atoms with Crippen molar-refractivity contribution < 1.29 is 14.3 Å². The lowest BCUT2D eigenvalue weighted by molar-refractivity contribution is -0.115. The Morgan fingerprint density at radius 2 is 2.04 bits per heavy atom. The van der Waals surface area contributed by atoms with Gasteiger partial charge in [0.1, 0.15) is 0 Å². The number of thioether (sulfide) groups is 1. The largest absolute Gasteiger partial charge is 0.493 e. The molecule has 0 spiro atoms. The van der Waals surface area contributed by atoms with E-state index in [0.29, 0.717) is 28.2 Å². The molecule has 1 aliphatic heterocycles. The van der Waals surface area contributed by atoms with Gasteiger partial charge >= 0.3 is 0 Å². The molecule has 1 aliphatic rings. The summed E-state index contributed by atoms with van der Waals surface area (Å²) >= 11 is 4.76. The van der Waals surface area contributed by atoms with E-state index in [1.807, 2.05) is 49.4 Å². The van der Waals surface area contributed by atoms with Gasteiger partial charge in [-0.05, 0) is 70.5 Å². The molecule has 134 valence electrons. The predicted octanol–water partition coefficient (Wildman–Crippen LogP) is 4.75. The van der Waals surface area contributed by atoms with E-state index in [2.05, 4.69) is 26.2 Å². The van der Waals surface area contributed by atoms with Crippen LogP contribution in [0, 0.1) is 0 Å². The normalized spacial score (nSPS) is 16.8. The highest BCUT2D eigenvalue weighted by molar-refractivity contribution is 9.10. The molecule has 1 fully saturated rings. The van der Waals surface area contributed by atoms with Crippen LogP contribution in [0.2, 0.25) is 0 Å². The van der Waals surface area contributed by atoms with Gasteiger partial charge in [0.15, 0.2) is 16.7 Å². The second-order valence-corrected chi connectivity index (χ2v) is 7.16. The van der Waals surface area contributed by atoms with Gasteiger partial charge < -0.3 is 14.8 Å². The minimum Gasteiger partial charge on any atom is -0.493 e. The molecule has 2 aromatic rings. The topological polar surface area (TPSA) is 59.9 Å². The number of carbonyl (C=O) groups excluding carboxylic acids is 1. The van der Waals surface area contributed by atoms with E-state index >= 15 is 0 Å². The SMILES string of the molecule is CCOc1ccc(C=C2SC(=Nc3ccccc3Br)NC2=O)cc1OC. The molecule has 1 amide bonds. The number of para-hydroxylation sites is 1. The molecule has 3 rings (SSSR count). The lowest BCUT2D eigenvalue weighted by Crippen LogP contribution is -2.19. The fourth-order valence-electron chi connectivity index (χ4n) is 2.33. The van der Waals surface area contributed by atoms with E-state index in [1.54, 1.807) is 13.2 Å². The van der Waals surface area contributed by atoms with Crippen molar-refractivity contribution in [3.63, 3.8) is 0 Å². The molecular weight excluding hydrogens is 416 g/mol. The van der Waals surface area contributed by atoms with Gasteiger partial charge in [0.2, 0.25) is 0 Å². The number of nitrogens with one attached hydrogen (secondary N) is 1. The molecule has 1 heterocycles. The highest BCUT2D eigenvalue weighted by Gasteiger charge is 2.24. The molecule has 0 radical (unpaired) electrons. The second kappa shape index (κ2) is 8.42. The Hall–Kier alpha value is -2.25. The molecule has 0 unspecified atom stereocenters. The van der Waals surface area contributed by atoms with E-state index in [1.165, 1.54) is 11.8 Å². The maximum atomic E-state index is 12.2. The Bertz CT molecular complexity index is 896. The smallest absolute Gasteiger partial charge is 0.264 e. The van der Waals surface area contributed by atoms with Crippen molar-refractivity contribution in [2.24, 2.45) is 4.99 Å². The first kappa shape index (κ1) is 18.5. The number of amides is 1. The van der Waals surface area contributed by atoms with Gasteiger partial charge in [-0.2, -0.15) is 0 Å². The summed E-state index contributed by atoms with van der Waals surface area (Å²) in [5.41, 5.74) is 1.62. The number of carbonyl (C=O) groups is 1. The number of ether oxygens (including phenoxy) is 2. The Labute approximate surface area is 164 Å². The number of amidine groups is 1. The number of halogens is 1. The fraction of sp³-hybridized carbons (Fsp3) is 0.158. The summed E-state index contributed by atoms with van der Waals surface area (Å²) in [4.78, 5) is 17.3. The quantitative estimate of drug-likeness (QED) is 0.692. The average Bonchev–Trinajstić information content (AvgIpc) is 2.97. The summed E-state index contributed by atoms with van der Waals surface area (Å²) < 4.78 is 11.7. The molecule has 7 heteroatoms. The highest BCUT2D eigenvalue weighted by Crippen LogP contribution is 2.33. The van der Waals surface area contributed by atoms with Crippen molar-refractivity contribution in [2.45, 2.75) is 6.92 Å². The second-order valence-electron chi connectivity index (χ2n) is 5.28. The van der Waals surface area contributed by atoms with E-state index in [-0.39, 0.29) is 5.91 Å². The van der Waals surface area contributed by atoms with Crippen LogP contribution in [0.1, 0.15) is 12.5 Å². The minimum atomic E-state index is -0.173. The van der Waals surface area contributed by atoms with Gasteiger partial charge in [-0.25, -0.2) is 4.99 Å². The zero-order valence-corrected chi connectivity index (χ0v) is 16.7. The van der Waals surface area contributed by atoms with Crippen LogP contribution in [0.25, 0.3) is 6.08 Å². The van der Waals surface area contributed by atoms with E-state index in [0.717, 1.165) is 15.7 Å². The Balaban J connectivity index is 1.84. The number of aliphatic imine (C=N–C) groups is 1. The van der Waals surface area contributed by atoms with Crippen LogP contribution in [-0.2, 0) is 4.79 Å². The molecule has 0 bridgehead atoms. The minimum absolute atomic E-state index is 0.173. The number of methoxy groups -OCH3 is 1. The summed E-state index contributed by atoms with van der Waals surface area (Å²) in [6.45, 7) is 2.48. The van der Waals surface area contributed by atoms with Crippen LogP contribution < -0.4 is 14.8 Å². The van der Waals surface area contributed by atoms with Gasteiger partial charge in [0.25, 0.3) is 5.91 Å². The molecule has 5 nitrogen and oxygen atoms in total. The Morgan fingerprint density at radius 3 is 2.77 bits per heavy atom. The molecule has 26 heavy (non-hydrogen) atoms. The van der Waals surface area contributed by atoms with Gasteiger partial charge in [-0.3, -0.25) is 4.79 Å². The molecule has 0 atom stereocenters.